The Labute approximate surface area is 108 Å². The molecular formula is C12H14NO4S-. The predicted octanol–water partition coefficient (Wildman–Crippen LogP) is 1.24. The van der Waals surface area contributed by atoms with Crippen molar-refractivity contribution in [1.29, 1.82) is 0 Å². The fourth-order valence-electron chi connectivity index (χ4n) is 2.15. The van der Waals surface area contributed by atoms with Crippen LogP contribution in [0, 0.1) is 5.92 Å². The van der Waals surface area contributed by atoms with Crippen LogP contribution in [-0.4, -0.2) is 27.8 Å². The van der Waals surface area contributed by atoms with Crippen LogP contribution in [0.3, 0.4) is 0 Å². The zero-order chi connectivity index (χ0) is 13.0. The average molecular weight is 268 g/mol. The van der Waals surface area contributed by atoms with Crippen LogP contribution >= 0.6 is 0 Å². The summed E-state index contributed by atoms with van der Waals surface area (Å²) in [5.74, 6) is -0.959. The van der Waals surface area contributed by atoms with Gasteiger partial charge in [-0.25, -0.2) is 4.21 Å². The number of carbonyl (C=O) groups excluding carboxylic acids is 1. The number of hydrogen-bond acceptors (Lipinski definition) is 5. The first-order valence-corrected chi connectivity index (χ1v) is 6.78. The van der Waals surface area contributed by atoms with E-state index in [1.54, 1.807) is 0 Å². The van der Waals surface area contributed by atoms with Crippen LogP contribution < -0.4 is 4.90 Å². The van der Waals surface area contributed by atoms with Crippen molar-refractivity contribution in [2.24, 2.45) is 5.92 Å². The molecule has 1 saturated heterocycles. The highest BCUT2D eigenvalue weighted by Crippen LogP contribution is 2.23. The summed E-state index contributed by atoms with van der Waals surface area (Å²) in [7, 11) is 0. The molecule has 0 aromatic heterocycles. The summed E-state index contributed by atoms with van der Waals surface area (Å²) in [6.45, 7) is 1.46. The highest BCUT2D eigenvalue weighted by Gasteiger charge is 2.26. The van der Waals surface area contributed by atoms with Gasteiger partial charge < -0.3 is 13.6 Å². The Hall–Kier alpha value is -1.40. The molecule has 1 aromatic rings. The lowest BCUT2D eigenvalue weighted by molar-refractivity contribution is -0.139. The van der Waals surface area contributed by atoms with Crippen LogP contribution in [0.15, 0.2) is 30.3 Å². The van der Waals surface area contributed by atoms with Crippen molar-refractivity contribution >= 4 is 23.0 Å². The molecule has 1 fully saturated rings. The topological polar surface area (TPSA) is 69.7 Å². The number of anilines is 1. The van der Waals surface area contributed by atoms with E-state index in [1.807, 2.05) is 30.3 Å². The van der Waals surface area contributed by atoms with E-state index in [4.69, 9.17) is 0 Å². The van der Waals surface area contributed by atoms with Crippen molar-refractivity contribution in [3.63, 3.8) is 0 Å². The van der Waals surface area contributed by atoms with Gasteiger partial charge in [-0.1, -0.05) is 18.2 Å². The summed E-state index contributed by atoms with van der Waals surface area (Å²) in [6.07, 6.45) is 1.23. The first kappa shape index (κ1) is 13.0. The Bertz CT molecular complexity index is 429. The Balaban J connectivity index is 1.88. The molecule has 0 N–H and O–H groups in total. The lowest BCUT2D eigenvalue weighted by Crippen LogP contribution is -2.37. The summed E-state index contributed by atoms with van der Waals surface area (Å²) in [5, 5.41) is 0. The van der Waals surface area contributed by atoms with Gasteiger partial charge in [-0.3, -0.25) is 4.79 Å². The Kier molecular flexibility index (Phi) is 4.33. The average Bonchev–Trinajstić information content (AvgIpc) is 2.39. The van der Waals surface area contributed by atoms with E-state index < -0.39 is 17.3 Å². The lowest BCUT2D eigenvalue weighted by Gasteiger charge is -2.32. The maximum atomic E-state index is 11.4. The lowest BCUT2D eigenvalue weighted by atomic mass is 9.97. The fraction of sp³-hybridized carbons (Fsp3) is 0.417. The molecule has 1 atom stereocenters. The van der Waals surface area contributed by atoms with Gasteiger partial charge in [0.1, 0.15) is 11.4 Å². The van der Waals surface area contributed by atoms with Crippen molar-refractivity contribution in [2.75, 3.05) is 18.0 Å². The maximum absolute atomic E-state index is 11.4. The normalized spacial score (nSPS) is 18.4. The van der Waals surface area contributed by atoms with Gasteiger partial charge in [-0.2, -0.15) is 0 Å². The van der Waals surface area contributed by atoms with E-state index in [-0.39, 0.29) is 5.92 Å². The number of nitrogens with zero attached hydrogens (tertiary/aromatic N) is 1. The predicted molar refractivity (Wildman–Crippen MR) is 66.4 cm³/mol. The summed E-state index contributed by atoms with van der Waals surface area (Å²) in [4.78, 5) is 13.6. The molecule has 0 bridgehead atoms. The smallest absolute Gasteiger partial charge is 0.322 e. The summed E-state index contributed by atoms with van der Waals surface area (Å²) < 4.78 is 24.8. The van der Waals surface area contributed by atoms with Gasteiger partial charge in [0.25, 0.3) is 0 Å². The second-order valence-electron chi connectivity index (χ2n) is 4.20. The first-order chi connectivity index (χ1) is 8.66. The third-order valence-electron chi connectivity index (χ3n) is 3.10. The molecule has 1 heterocycles. The Morgan fingerprint density at radius 3 is 2.44 bits per heavy atom. The minimum Gasteiger partial charge on any atom is -0.740 e. The molecule has 1 unspecified atom stereocenters. The molecule has 98 valence electrons. The summed E-state index contributed by atoms with van der Waals surface area (Å²) in [5.41, 5.74) is 1.12. The number of rotatable bonds is 3. The number of benzene rings is 1. The second-order valence-corrected chi connectivity index (χ2v) is 4.78. The number of piperidine rings is 1. The van der Waals surface area contributed by atoms with Crippen LogP contribution in [-0.2, 0) is 20.3 Å². The van der Waals surface area contributed by atoms with E-state index in [0.717, 1.165) is 18.8 Å². The van der Waals surface area contributed by atoms with Gasteiger partial charge in [-0.15, -0.1) is 0 Å². The molecule has 0 spiro atoms. The van der Waals surface area contributed by atoms with Crippen molar-refractivity contribution in [3.05, 3.63) is 30.3 Å². The maximum Gasteiger partial charge on any atom is 0.322 e. The molecule has 0 radical (unpaired) electrons. The highest BCUT2D eigenvalue weighted by molar-refractivity contribution is 7.74. The van der Waals surface area contributed by atoms with E-state index in [9.17, 15) is 13.6 Å². The van der Waals surface area contributed by atoms with Gasteiger partial charge in [0.15, 0.2) is 0 Å². The van der Waals surface area contributed by atoms with Crippen LogP contribution in [0.25, 0.3) is 0 Å². The molecule has 0 amide bonds. The molecule has 1 aliphatic rings. The van der Waals surface area contributed by atoms with Crippen LogP contribution in [0.4, 0.5) is 5.69 Å². The molecular weight excluding hydrogens is 254 g/mol. The third-order valence-corrected chi connectivity index (χ3v) is 3.40. The third kappa shape index (κ3) is 3.30. The van der Waals surface area contributed by atoms with Gasteiger partial charge in [-0.05, 0) is 25.0 Å². The van der Waals surface area contributed by atoms with E-state index >= 15 is 0 Å². The summed E-state index contributed by atoms with van der Waals surface area (Å²) >= 11 is -2.76. The molecule has 1 aromatic carbocycles. The van der Waals surface area contributed by atoms with Crippen molar-refractivity contribution in [1.82, 2.24) is 0 Å². The minimum absolute atomic E-state index is 0.317. The number of hydrogen-bond donors (Lipinski definition) is 0. The highest BCUT2D eigenvalue weighted by atomic mass is 32.2. The zero-order valence-electron chi connectivity index (χ0n) is 9.78. The van der Waals surface area contributed by atoms with Gasteiger partial charge in [0.05, 0.1) is 5.92 Å². The Morgan fingerprint density at radius 1 is 1.28 bits per heavy atom. The molecule has 18 heavy (non-hydrogen) atoms. The first-order valence-electron chi connectivity index (χ1n) is 5.78. The fourth-order valence-corrected chi connectivity index (χ4v) is 2.42. The van der Waals surface area contributed by atoms with Crippen molar-refractivity contribution in [2.45, 2.75) is 12.8 Å². The minimum atomic E-state index is -2.76. The quantitative estimate of drug-likeness (QED) is 0.771. The molecule has 0 saturated carbocycles. The van der Waals surface area contributed by atoms with Gasteiger partial charge >= 0.3 is 5.97 Å². The van der Waals surface area contributed by atoms with E-state index in [1.165, 1.54) is 0 Å². The number of para-hydroxylation sites is 1. The van der Waals surface area contributed by atoms with Crippen LogP contribution in [0.1, 0.15) is 12.8 Å². The van der Waals surface area contributed by atoms with Crippen molar-refractivity contribution < 1.29 is 17.7 Å². The second kappa shape index (κ2) is 5.97. The van der Waals surface area contributed by atoms with Crippen LogP contribution in [0.2, 0.25) is 0 Å². The largest absolute Gasteiger partial charge is 0.740 e. The monoisotopic (exact) mass is 268 g/mol. The Morgan fingerprint density at radius 2 is 1.89 bits per heavy atom. The SMILES string of the molecule is O=C(OS(=O)[O-])C1CCN(c2ccccc2)CC1. The standard InChI is InChI=1S/C12H15NO4S/c14-12(17-18(15)16)10-6-8-13(9-7-10)11-4-2-1-3-5-11/h1-5,10H,6-9H2,(H,15,16)/p-1. The molecule has 2 rings (SSSR count). The van der Waals surface area contributed by atoms with Gasteiger partial charge in [0, 0.05) is 18.8 Å². The summed E-state index contributed by atoms with van der Waals surface area (Å²) in [6, 6.07) is 9.93. The molecule has 0 aliphatic carbocycles. The van der Waals surface area contributed by atoms with E-state index in [2.05, 4.69) is 9.08 Å². The molecule has 5 nitrogen and oxygen atoms in total. The molecule has 6 heteroatoms. The number of carbonyl (C=O) groups is 1. The van der Waals surface area contributed by atoms with Crippen molar-refractivity contribution in [3.8, 4) is 0 Å². The zero-order valence-corrected chi connectivity index (χ0v) is 10.6. The van der Waals surface area contributed by atoms with Crippen LogP contribution in [0.5, 0.6) is 0 Å². The molecule has 1 aliphatic heterocycles. The van der Waals surface area contributed by atoms with E-state index in [0.29, 0.717) is 12.8 Å². The van der Waals surface area contributed by atoms with Gasteiger partial charge in [0.2, 0.25) is 0 Å².